The van der Waals surface area contributed by atoms with Gasteiger partial charge >= 0.3 is 0 Å². The lowest BCUT2D eigenvalue weighted by atomic mass is 10.2. The highest BCUT2D eigenvalue weighted by molar-refractivity contribution is 5.46. The summed E-state index contributed by atoms with van der Waals surface area (Å²) >= 11 is 0. The minimum Gasteiger partial charge on any atom is -0.381 e. The van der Waals surface area contributed by atoms with Gasteiger partial charge in [-0.15, -0.1) is 0 Å². The van der Waals surface area contributed by atoms with Gasteiger partial charge in [-0.25, -0.2) is 4.39 Å². The zero-order chi connectivity index (χ0) is 12.3. The van der Waals surface area contributed by atoms with Crippen LogP contribution in [0.2, 0.25) is 0 Å². The van der Waals surface area contributed by atoms with Gasteiger partial charge in [0.25, 0.3) is 0 Å². The summed E-state index contributed by atoms with van der Waals surface area (Å²) in [6.07, 6.45) is 3.65. The fourth-order valence-corrected chi connectivity index (χ4v) is 1.67. The van der Waals surface area contributed by atoms with Crippen LogP contribution in [0.25, 0.3) is 0 Å². The highest BCUT2D eigenvalue weighted by Gasteiger charge is 1.99. The molecule has 0 amide bonds. The third kappa shape index (κ3) is 3.03. The highest BCUT2D eigenvalue weighted by atomic mass is 19.1. The van der Waals surface area contributed by atoms with Crippen molar-refractivity contribution in [2.45, 2.75) is 20.4 Å². The van der Waals surface area contributed by atoms with E-state index in [9.17, 15) is 4.39 Å². The first kappa shape index (κ1) is 11.6. The van der Waals surface area contributed by atoms with E-state index in [4.69, 9.17) is 0 Å². The molecule has 0 unspecified atom stereocenters. The van der Waals surface area contributed by atoms with E-state index >= 15 is 0 Å². The molecule has 0 aliphatic carbocycles. The molecular weight excluding hydrogens is 215 g/mol. The number of aryl methyl sites for hydroxylation is 2. The number of nitrogens with one attached hydrogen (secondary N) is 1. The summed E-state index contributed by atoms with van der Waals surface area (Å²) in [6, 6.07) is 7.10. The van der Waals surface area contributed by atoms with E-state index in [0.717, 1.165) is 16.8 Å². The van der Waals surface area contributed by atoms with E-state index in [1.807, 2.05) is 19.3 Å². The Morgan fingerprint density at radius 1 is 1.18 bits per heavy atom. The standard InChI is InChI=1S/C14H15FN2/c1-10-5-12(8-16-7-10)9-17-13-3-4-14(15)11(2)6-13/h3-8,17H,9H2,1-2H3. The molecular formula is C14H15FN2. The number of aromatic nitrogens is 1. The molecule has 17 heavy (non-hydrogen) atoms. The van der Waals surface area contributed by atoms with Gasteiger partial charge in [-0.05, 0) is 48.7 Å². The summed E-state index contributed by atoms with van der Waals surface area (Å²) in [7, 11) is 0. The average Bonchev–Trinajstić information content (AvgIpc) is 2.31. The molecule has 0 saturated heterocycles. The van der Waals surface area contributed by atoms with Gasteiger partial charge in [-0.3, -0.25) is 4.98 Å². The highest BCUT2D eigenvalue weighted by Crippen LogP contribution is 2.14. The first-order valence-electron chi connectivity index (χ1n) is 5.56. The number of pyridine rings is 1. The van der Waals surface area contributed by atoms with Gasteiger partial charge in [-0.1, -0.05) is 6.07 Å². The van der Waals surface area contributed by atoms with Crippen molar-refractivity contribution < 1.29 is 4.39 Å². The van der Waals surface area contributed by atoms with Crippen LogP contribution >= 0.6 is 0 Å². The first-order chi connectivity index (χ1) is 8.15. The number of hydrogen-bond donors (Lipinski definition) is 1. The molecule has 88 valence electrons. The smallest absolute Gasteiger partial charge is 0.126 e. The second-order valence-corrected chi connectivity index (χ2v) is 4.19. The maximum Gasteiger partial charge on any atom is 0.126 e. The van der Waals surface area contributed by atoms with Crippen LogP contribution in [0.3, 0.4) is 0 Å². The second kappa shape index (κ2) is 4.95. The van der Waals surface area contributed by atoms with E-state index in [-0.39, 0.29) is 5.82 Å². The van der Waals surface area contributed by atoms with Crippen molar-refractivity contribution >= 4 is 5.69 Å². The maximum absolute atomic E-state index is 13.1. The Morgan fingerprint density at radius 2 is 2.00 bits per heavy atom. The lowest BCUT2D eigenvalue weighted by molar-refractivity contribution is 0.618. The molecule has 1 aromatic heterocycles. The largest absolute Gasteiger partial charge is 0.381 e. The summed E-state index contributed by atoms with van der Waals surface area (Å²) in [5.74, 6) is -0.173. The molecule has 2 aromatic rings. The molecule has 1 heterocycles. The Hall–Kier alpha value is -1.90. The van der Waals surface area contributed by atoms with Crippen molar-refractivity contribution in [1.29, 1.82) is 0 Å². The van der Waals surface area contributed by atoms with Gasteiger partial charge < -0.3 is 5.32 Å². The molecule has 0 saturated carbocycles. The molecule has 2 rings (SSSR count). The second-order valence-electron chi connectivity index (χ2n) is 4.19. The van der Waals surface area contributed by atoms with Crippen molar-refractivity contribution in [1.82, 2.24) is 4.98 Å². The van der Waals surface area contributed by atoms with Crippen LogP contribution in [-0.2, 0) is 6.54 Å². The average molecular weight is 230 g/mol. The Labute approximate surface area is 101 Å². The van der Waals surface area contributed by atoms with Crippen molar-refractivity contribution in [3.63, 3.8) is 0 Å². The third-order valence-corrected chi connectivity index (χ3v) is 2.59. The number of anilines is 1. The normalized spacial score (nSPS) is 10.3. The number of benzene rings is 1. The zero-order valence-corrected chi connectivity index (χ0v) is 10.00. The van der Waals surface area contributed by atoms with Crippen molar-refractivity contribution in [3.05, 3.63) is 59.2 Å². The number of halogens is 1. The summed E-state index contributed by atoms with van der Waals surface area (Å²) in [6.45, 7) is 4.47. The molecule has 0 bridgehead atoms. The van der Waals surface area contributed by atoms with Crippen LogP contribution in [0.4, 0.5) is 10.1 Å². The molecule has 0 aliphatic heterocycles. The molecule has 0 radical (unpaired) electrons. The van der Waals surface area contributed by atoms with Crippen LogP contribution in [0, 0.1) is 19.7 Å². The lowest BCUT2D eigenvalue weighted by Gasteiger charge is -2.08. The SMILES string of the molecule is Cc1cncc(CNc2ccc(F)c(C)c2)c1. The Bertz CT molecular complexity index is 523. The molecule has 1 N–H and O–H groups in total. The molecule has 1 aromatic carbocycles. The van der Waals surface area contributed by atoms with E-state index in [1.54, 1.807) is 19.1 Å². The number of nitrogens with zero attached hydrogens (tertiary/aromatic N) is 1. The predicted octanol–water partition coefficient (Wildman–Crippen LogP) is 3.45. The fourth-order valence-electron chi connectivity index (χ4n) is 1.67. The molecule has 0 fully saturated rings. The van der Waals surface area contributed by atoms with Gasteiger partial charge in [0.15, 0.2) is 0 Å². The van der Waals surface area contributed by atoms with Gasteiger partial charge in [0.2, 0.25) is 0 Å². The van der Waals surface area contributed by atoms with Crippen molar-refractivity contribution in [3.8, 4) is 0 Å². The summed E-state index contributed by atoms with van der Waals surface area (Å²) in [4.78, 5) is 4.13. The van der Waals surface area contributed by atoms with Crippen LogP contribution < -0.4 is 5.32 Å². The van der Waals surface area contributed by atoms with E-state index in [0.29, 0.717) is 12.1 Å². The maximum atomic E-state index is 13.1. The molecule has 0 spiro atoms. The van der Waals surface area contributed by atoms with Crippen LogP contribution in [0.5, 0.6) is 0 Å². The topological polar surface area (TPSA) is 24.9 Å². The monoisotopic (exact) mass is 230 g/mol. The van der Waals surface area contributed by atoms with Crippen molar-refractivity contribution in [2.24, 2.45) is 0 Å². The Balaban J connectivity index is 2.05. The lowest BCUT2D eigenvalue weighted by Crippen LogP contribution is -2.00. The van der Waals surface area contributed by atoms with Crippen LogP contribution in [0.1, 0.15) is 16.7 Å². The molecule has 3 heteroatoms. The Kier molecular flexibility index (Phi) is 3.38. The Morgan fingerprint density at radius 3 is 2.71 bits per heavy atom. The molecule has 0 atom stereocenters. The number of rotatable bonds is 3. The zero-order valence-electron chi connectivity index (χ0n) is 10.00. The van der Waals surface area contributed by atoms with Gasteiger partial charge in [0.1, 0.15) is 5.82 Å². The molecule has 2 nitrogen and oxygen atoms in total. The van der Waals surface area contributed by atoms with E-state index in [1.165, 1.54) is 6.07 Å². The van der Waals surface area contributed by atoms with Gasteiger partial charge in [0, 0.05) is 24.6 Å². The summed E-state index contributed by atoms with van der Waals surface area (Å²) in [5.41, 5.74) is 3.83. The van der Waals surface area contributed by atoms with Crippen LogP contribution in [-0.4, -0.2) is 4.98 Å². The number of hydrogen-bond acceptors (Lipinski definition) is 2. The van der Waals surface area contributed by atoms with E-state index in [2.05, 4.69) is 16.4 Å². The van der Waals surface area contributed by atoms with Crippen LogP contribution in [0.15, 0.2) is 36.7 Å². The molecule has 0 aliphatic rings. The first-order valence-corrected chi connectivity index (χ1v) is 5.56. The predicted molar refractivity (Wildman–Crippen MR) is 67.4 cm³/mol. The third-order valence-electron chi connectivity index (χ3n) is 2.59. The fraction of sp³-hybridized carbons (Fsp3) is 0.214. The minimum atomic E-state index is -0.173. The van der Waals surface area contributed by atoms with Gasteiger partial charge in [-0.2, -0.15) is 0 Å². The quantitative estimate of drug-likeness (QED) is 0.873. The van der Waals surface area contributed by atoms with Crippen molar-refractivity contribution in [2.75, 3.05) is 5.32 Å². The van der Waals surface area contributed by atoms with E-state index < -0.39 is 0 Å². The minimum absolute atomic E-state index is 0.173. The summed E-state index contributed by atoms with van der Waals surface area (Å²) in [5, 5.41) is 3.25. The summed E-state index contributed by atoms with van der Waals surface area (Å²) < 4.78 is 13.1. The van der Waals surface area contributed by atoms with Gasteiger partial charge in [0.05, 0.1) is 0 Å².